The van der Waals surface area contributed by atoms with Crippen molar-refractivity contribution in [2.45, 2.75) is 69.1 Å². The molecular formula is C36H42ClN7O4. The molecule has 3 fully saturated rings. The molecule has 3 amide bonds. The van der Waals surface area contributed by atoms with Gasteiger partial charge < -0.3 is 15.1 Å². The predicted molar refractivity (Wildman–Crippen MR) is 183 cm³/mol. The first-order valence-corrected chi connectivity index (χ1v) is 17.3. The second-order valence-corrected chi connectivity index (χ2v) is 14.2. The number of aryl methyl sites for hydroxylation is 1. The number of likely N-dealkylation sites (N-methyl/N-ethyl adjacent to an activating group) is 1. The van der Waals surface area contributed by atoms with Gasteiger partial charge in [-0.1, -0.05) is 48.0 Å². The molecule has 2 N–H and O–H groups in total. The van der Waals surface area contributed by atoms with Gasteiger partial charge in [0.15, 0.2) is 0 Å². The monoisotopic (exact) mass is 671 g/mol. The minimum atomic E-state index is -0.594. The van der Waals surface area contributed by atoms with Crippen LogP contribution in [0.1, 0.15) is 76.6 Å². The van der Waals surface area contributed by atoms with Crippen molar-refractivity contribution in [3.8, 4) is 0 Å². The van der Waals surface area contributed by atoms with E-state index in [0.717, 1.165) is 57.5 Å². The van der Waals surface area contributed by atoms with Crippen LogP contribution in [-0.2, 0) is 29.7 Å². The summed E-state index contributed by atoms with van der Waals surface area (Å²) in [6.07, 6.45) is 5.21. The van der Waals surface area contributed by atoms with Crippen LogP contribution in [0.3, 0.4) is 0 Å². The molecule has 3 unspecified atom stereocenters. The van der Waals surface area contributed by atoms with Crippen molar-refractivity contribution >= 4 is 35.0 Å². The standard InChI is InChI=1S/C36H42ClN7O4/c1-41-19-25(16-26(20-41)39-30-17-38-42(2)36(48)33(30)37)23-8-6-22(7-9-23)18-43-14-12-24(13-15-43)27-4-3-5-28-29(27)21-44(35(28)47)31-10-11-32(45)40-34(31)46/h3-9,17,24-26,31,39H,10-16,18-21H2,1-2H3,(H,40,45,46). The highest BCUT2D eigenvalue weighted by Gasteiger charge is 2.40. The maximum atomic E-state index is 13.3. The maximum Gasteiger partial charge on any atom is 0.287 e. The molecule has 4 aliphatic rings. The molecule has 0 saturated carbocycles. The van der Waals surface area contributed by atoms with Gasteiger partial charge in [-0.3, -0.25) is 29.4 Å². The zero-order valence-electron chi connectivity index (χ0n) is 27.5. The van der Waals surface area contributed by atoms with Crippen LogP contribution < -0.4 is 16.2 Å². The molecule has 0 aliphatic carbocycles. The number of aromatic nitrogens is 2. The van der Waals surface area contributed by atoms with E-state index < -0.39 is 6.04 Å². The molecule has 2 aromatic carbocycles. The van der Waals surface area contributed by atoms with Crippen LogP contribution in [0.15, 0.2) is 53.5 Å². The number of benzene rings is 2. The molecule has 11 nitrogen and oxygen atoms in total. The second-order valence-electron chi connectivity index (χ2n) is 13.9. The van der Waals surface area contributed by atoms with E-state index in [4.69, 9.17) is 11.6 Å². The largest absolute Gasteiger partial charge is 0.378 e. The highest BCUT2D eigenvalue weighted by atomic mass is 35.5. The number of rotatable bonds is 7. The van der Waals surface area contributed by atoms with Crippen molar-refractivity contribution < 1.29 is 14.4 Å². The highest BCUT2D eigenvalue weighted by Crippen LogP contribution is 2.37. The Morgan fingerprint density at radius 1 is 0.958 bits per heavy atom. The Balaban J connectivity index is 0.944. The Bertz CT molecular complexity index is 1790. The summed E-state index contributed by atoms with van der Waals surface area (Å²) in [5, 5.41) is 10.2. The summed E-state index contributed by atoms with van der Waals surface area (Å²) in [4.78, 5) is 56.2. The molecule has 12 heteroatoms. The molecule has 1 aromatic heterocycles. The summed E-state index contributed by atoms with van der Waals surface area (Å²) >= 11 is 6.32. The van der Waals surface area contributed by atoms with E-state index in [2.05, 4.69) is 62.9 Å². The van der Waals surface area contributed by atoms with Gasteiger partial charge in [0.05, 0.1) is 11.9 Å². The molecule has 3 aromatic rings. The number of carbonyl (C=O) groups is 3. The molecule has 7 rings (SSSR count). The first kappa shape index (κ1) is 32.5. The van der Waals surface area contributed by atoms with Crippen molar-refractivity contribution in [2.75, 3.05) is 38.5 Å². The van der Waals surface area contributed by atoms with Crippen LogP contribution in [0.4, 0.5) is 5.69 Å². The van der Waals surface area contributed by atoms with Crippen LogP contribution in [0, 0.1) is 0 Å². The van der Waals surface area contributed by atoms with E-state index in [1.54, 1.807) is 18.1 Å². The van der Waals surface area contributed by atoms with E-state index in [-0.39, 0.29) is 40.8 Å². The van der Waals surface area contributed by atoms with Crippen LogP contribution >= 0.6 is 11.6 Å². The van der Waals surface area contributed by atoms with Crippen molar-refractivity contribution in [3.05, 3.63) is 91.9 Å². The van der Waals surface area contributed by atoms with E-state index >= 15 is 0 Å². The van der Waals surface area contributed by atoms with Gasteiger partial charge >= 0.3 is 0 Å². The molecule has 0 radical (unpaired) electrons. The lowest BCUT2D eigenvalue weighted by Crippen LogP contribution is -2.52. The predicted octanol–water partition coefficient (Wildman–Crippen LogP) is 3.47. The van der Waals surface area contributed by atoms with Gasteiger partial charge in [-0.25, -0.2) is 4.68 Å². The number of carbonyl (C=O) groups excluding carboxylic acids is 3. The number of fused-ring (bicyclic) bond motifs is 1. The number of nitrogens with one attached hydrogen (secondary N) is 2. The number of halogens is 1. The number of piperidine rings is 3. The molecule has 0 bridgehead atoms. The van der Waals surface area contributed by atoms with Crippen molar-refractivity contribution in [1.29, 1.82) is 0 Å². The summed E-state index contributed by atoms with van der Waals surface area (Å²) in [6, 6.07) is 14.5. The molecule has 3 saturated heterocycles. The lowest BCUT2D eigenvalue weighted by atomic mass is 9.85. The van der Waals surface area contributed by atoms with Crippen LogP contribution in [0.5, 0.6) is 0 Å². The van der Waals surface area contributed by atoms with Gasteiger partial charge in [0.25, 0.3) is 11.5 Å². The van der Waals surface area contributed by atoms with Crippen LogP contribution in [0.2, 0.25) is 5.02 Å². The lowest BCUT2D eigenvalue weighted by Gasteiger charge is -2.37. The first-order valence-electron chi connectivity index (χ1n) is 16.9. The van der Waals surface area contributed by atoms with Gasteiger partial charge in [-0.2, -0.15) is 5.10 Å². The normalized spacial score (nSPS) is 24.1. The molecule has 5 heterocycles. The Morgan fingerprint density at radius 3 is 2.48 bits per heavy atom. The third-order valence-corrected chi connectivity index (χ3v) is 10.9. The topological polar surface area (TPSA) is 120 Å². The van der Waals surface area contributed by atoms with Gasteiger partial charge in [0.2, 0.25) is 11.8 Å². The fourth-order valence-corrected chi connectivity index (χ4v) is 8.27. The summed E-state index contributed by atoms with van der Waals surface area (Å²) in [7, 11) is 3.72. The Labute approximate surface area is 285 Å². The van der Waals surface area contributed by atoms with Gasteiger partial charge in [0, 0.05) is 51.3 Å². The fraction of sp³-hybridized carbons (Fsp3) is 0.472. The average Bonchev–Trinajstić information content (AvgIpc) is 3.41. The van der Waals surface area contributed by atoms with Gasteiger partial charge in [-0.15, -0.1) is 0 Å². The number of anilines is 1. The summed E-state index contributed by atoms with van der Waals surface area (Å²) in [6.45, 7) is 5.09. The molecular weight excluding hydrogens is 630 g/mol. The van der Waals surface area contributed by atoms with E-state index in [0.29, 0.717) is 36.1 Å². The van der Waals surface area contributed by atoms with Crippen molar-refractivity contribution in [3.63, 3.8) is 0 Å². The number of likely N-dealkylation sites (tertiary alicyclic amines) is 2. The zero-order valence-corrected chi connectivity index (χ0v) is 28.2. The van der Waals surface area contributed by atoms with E-state index in [1.165, 1.54) is 21.4 Å². The number of imide groups is 1. The molecule has 252 valence electrons. The van der Waals surface area contributed by atoms with Gasteiger partial charge in [-0.05, 0) is 86.0 Å². The highest BCUT2D eigenvalue weighted by molar-refractivity contribution is 6.32. The van der Waals surface area contributed by atoms with Crippen LogP contribution in [0.25, 0.3) is 0 Å². The molecule has 0 spiro atoms. The second kappa shape index (κ2) is 13.4. The van der Waals surface area contributed by atoms with Crippen molar-refractivity contribution in [2.24, 2.45) is 7.05 Å². The Kier molecular flexibility index (Phi) is 9.10. The van der Waals surface area contributed by atoms with Crippen molar-refractivity contribution in [1.82, 2.24) is 29.8 Å². The summed E-state index contributed by atoms with van der Waals surface area (Å²) in [5.74, 6) is -0.0368. The minimum absolute atomic E-state index is 0.112. The quantitative estimate of drug-likeness (QED) is 0.367. The zero-order chi connectivity index (χ0) is 33.5. The number of hydrogen-bond donors (Lipinski definition) is 2. The number of hydrogen-bond acceptors (Lipinski definition) is 8. The first-order chi connectivity index (χ1) is 23.1. The molecule has 48 heavy (non-hydrogen) atoms. The SMILES string of the molecule is CN1CC(Nc2cnn(C)c(=O)c2Cl)CC(c2ccc(CN3CCC(c4cccc5c4CN(C4CCC(=O)NC4=O)C5=O)CC3)cc2)C1. The lowest BCUT2D eigenvalue weighted by molar-refractivity contribution is -0.136. The smallest absolute Gasteiger partial charge is 0.287 e. The number of amides is 3. The summed E-state index contributed by atoms with van der Waals surface area (Å²) < 4.78 is 1.24. The van der Waals surface area contributed by atoms with E-state index in [9.17, 15) is 19.2 Å². The van der Waals surface area contributed by atoms with Crippen LogP contribution in [-0.4, -0.2) is 87.5 Å². The molecule has 4 aliphatic heterocycles. The average molecular weight is 672 g/mol. The van der Waals surface area contributed by atoms with E-state index in [1.807, 2.05) is 12.1 Å². The third kappa shape index (κ3) is 6.51. The minimum Gasteiger partial charge on any atom is -0.378 e. The Morgan fingerprint density at radius 2 is 1.73 bits per heavy atom. The number of nitrogens with zero attached hydrogens (tertiary/aromatic N) is 5. The Hall–Kier alpha value is -4.06. The maximum absolute atomic E-state index is 13.3. The fourth-order valence-electron chi connectivity index (χ4n) is 8.04. The molecule has 3 atom stereocenters. The van der Waals surface area contributed by atoms with Gasteiger partial charge in [0.1, 0.15) is 11.1 Å². The summed E-state index contributed by atoms with van der Waals surface area (Å²) in [5.41, 5.74) is 5.83. The third-order valence-electron chi connectivity index (χ3n) is 10.6.